The molecule has 3 aliphatic rings. The van der Waals surface area contributed by atoms with Gasteiger partial charge in [-0.3, -0.25) is 4.98 Å². The van der Waals surface area contributed by atoms with E-state index in [-0.39, 0.29) is 6.10 Å². The number of aryl methyl sites for hydroxylation is 2. The van der Waals surface area contributed by atoms with Crippen LogP contribution in [-0.2, 0) is 19.3 Å². The Bertz CT molecular complexity index is 1120. The number of ether oxygens (including phenoxy) is 1. The third-order valence-electron chi connectivity index (χ3n) is 8.47. The van der Waals surface area contributed by atoms with Crippen molar-refractivity contribution in [1.29, 1.82) is 0 Å². The smallest absolute Gasteiger partial charge is 0.225 e. The number of piperidine rings is 1. The molecule has 4 heterocycles. The highest BCUT2D eigenvalue weighted by Gasteiger charge is 2.31. The van der Waals surface area contributed by atoms with Crippen LogP contribution in [0.5, 0.6) is 5.88 Å². The van der Waals surface area contributed by atoms with E-state index in [4.69, 9.17) is 4.74 Å². The van der Waals surface area contributed by atoms with Crippen molar-refractivity contribution in [3.05, 3.63) is 46.9 Å². The highest BCUT2D eigenvalue weighted by atomic mass is 32.1. The molecule has 7 heteroatoms. The van der Waals surface area contributed by atoms with Gasteiger partial charge >= 0.3 is 0 Å². The van der Waals surface area contributed by atoms with Gasteiger partial charge in [-0.25, -0.2) is 9.97 Å². The zero-order valence-electron chi connectivity index (χ0n) is 20.9. The molecule has 186 valence electrons. The van der Waals surface area contributed by atoms with Gasteiger partial charge in [-0.05, 0) is 95.6 Å². The lowest BCUT2D eigenvalue weighted by atomic mass is 9.90. The molecule has 0 amide bonds. The van der Waals surface area contributed by atoms with Crippen molar-refractivity contribution in [2.45, 2.75) is 82.4 Å². The van der Waals surface area contributed by atoms with Gasteiger partial charge in [-0.2, -0.15) is 0 Å². The second kappa shape index (κ2) is 10.5. The van der Waals surface area contributed by atoms with Crippen molar-refractivity contribution in [3.8, 4) is 5.88 Å². The van der Waals surface area contributed by atoms with Gasteiger partial charge in [0.2, 0.25) is 5.88 Å². The molecule has 2 fully saturated rings. The monoisotopic (exact) mass is 491 g/mol. The van der Waals surface area contributed by atoms with Gasteiger partial charge in [0.15, 0.2) is 0 Å². The molecule has 1 saturated carbocycles. The van der Waals surface area contributed by atoms with Crippen molar-refractivity contribution in [3.63, 3.8) is 0 Å². The maximum atomic E-state index is 6.53. The van der Waals surface area contributed by atoms with E-state index in [1.807, 2.05) is 23.6 Å². The fraction of sp³-hybridized carbons (Fsp3) is 0.607. The number of thiophene rings is 1. The van der Waals surface area contributed by atoms with Crippen LogP contribution in [0.4, 0.5) is 0 Å². The van der Waals surface area contributed by atoms with Crippen molar-refractivity contribution in [2.75, 3.05) is 26.7 Å². The van der Waals surface area contributed by atoms with E-state index in [1.165, 1.54) is 73.1 Å². The van der Waals surface area contributed by atoms with Gasteiger partial charge in [0.05, 0.1) is 5.39 Å². The predicted octanol–water partition coefficient (Wildman–Crippen LogP) is 4.90. The Morgan fingerprint density at radius 3 is 2.69 bits per heavy atom. The van der Waals surface area contributed by atoms with E-state index in [0.29, 0.717) is 12.1 Å². The van der Waals surface area contributed by atoms with Gasteiger partial charge in [-0.1, -0.05) is 6.07 Å². The molecule has 0 atom stereocenters. The van der Waals surface area contributed by atoms with Crippen LogP contribution >= 0.6 is 11.3 Å². The molecule has 0 N–H and O–H groups in total. The molecule has 3 aromatic rings. The molecular formula is C28H37N5OS. The first-order valence-corrected chi connectivity index (χ1v) is 14.3. The molecule has 0 spiro atoms. The third-order valence-corrected chi connectivity index (χ3v) is 9.67. The molecule has 1 saturated heterocycles. The van der Waals surface area contributed by atoms with Gasteiger partial charge in [0.1, 0.15) is 17.3 Å². The number of nitrogens with zero attached hydrogens (tertiary/aromatic N) is 5. The van der Waals surface area contributed by atoms with Crippen LogP contribution in [-0.4, -0.2) is 69.6 Å². The van der Waals surface area contributed by atoms with Crippen molar-refractivity contribution in [2.24, 2.45) is 0 Å². The molecule has 6 rings (SSSR count). The van der Waals surface area contributed by atoms with E-state index in [0.717, 1.165) is 42.9 Å². The average molecular weight is 492 g/mol. The second-order valence-electron chi connectivity index (χ2n) is 10.6. The van der Waals surface area contributed by atoms with Gasteiger partial charge in [0.25, 0.3) is 0 Å². The van der Waals surface area contributed by atoms with Crippen LogP contribution in [0.1, 0.15) is 61.1 Å². The van der Waals surface area contributed by atoms with E-state index >= 15 is 0 Å². The quantitative estimate of drug-likeness (QED) is 0.468. The molecule has 3 aromatic heterocycles. The summed E-state index contributed by atoms with van der Waals surface area (Å²) in [6.45, 7) is 3.54. The van der Waals surface area contributed by atoms with E-state index in [1.54, 1.807) is 6.33 Å². The highest BCUT2D eigenvalue weighted by Crippen LogP contribution is 2.40. The van der Waals surface area contributed by atoms with Crippen LogP contribution < -0.4 is 4.74 Å². The standard InChI is InChI=1S/C28H37N5OS/c1-32(16-12-20-5-2-3-15-29-20)21-13-17-33(18-14-21)22-8-10-23(11-9-22)34-27-26-24-6-4-7-25(24)35-28(26)31-19-30-27/h2-3,5,15,19,21-23H,4,6-14,16-18H2,1H3. The Morgan fingerprint density at radius 2 is 1.89 bits per heavy atom. The first kappa shape index (κ1) is 23.3. The van der Waals surface area contributed by atoms with Crippen molar-refractivity contribution >= 4 is 21.6 Å². The zero-order chi connectivity index (χ0) is 23.6. The third kappa shape index (κ3) is 5.09. The summed E-state index contributed by atoms with van der Waals surface area (Å²) in [6.07, 6.45) is 15.8. The summed E-state index contributed by atoms with van der Waals surface area (Å²) in [5, 5.41) is 1.21. The minimum atomic E-state index is 0.288. The molecular weight excluding hydrogens is 454 g/mol. The molecule has 0 bridgehead atoms. The maximum Gasteiger partial charge on any atom is 0.225 e. The minimum Gasteiger partial charge on any atom is -0.474 e. The molecule has 2 aliphatic carbocycles. The summed E-state index contributed by atoms with van der Waals surface area (Å²) in [5.41, 5.74) is 2.66. The van der Waals surface area contributed by atoms with Gasteiger partial charge in [0, 0.05) is 41.8 Å². The van der Waals surface area contributed by atoms with Crippen molar-refractivity contribution < 1.29 is 4.74 Å². The first-order chi connectivity index (χ1) is 17.2. The average Bonchev–Trinajstić information content (AvgIpc) is 3.50. The Balaban J connectivity index is 0.976. The number of aromatic nitrogens is 3. The van der Waals surface area contributed by atoms with Crippen molar-refractivity contribution in [1.82, 2.24) is 24.8 Å². The number of hydrogen-bond acceptors (Lipinski definition) is 7. The number of pyridine rings is 1. The summed E-state index contributed by atoms with van der Waals surface area (Å²) < 4.78 is 6.53. The molecule has 35 heavy (non-hydrogen) atoms. The van der Waals surface area contributed by atoms with Crippen LogP contribution in [0, 0.1) is 0 Å². The molecule has 6 nitrogen and oxygen atoms in total. The molecule has 1 aliphatic heterocycles. The fourth-order valence-electron chi connectivity index (χ4n) is 6.39. The van der Waals surface area contributed by atoms with Gasteiger partial charge in [-0.15, -0.1) is 11.3 Å². The summed E-state index contributed by atoms with van der Waals surface area (Å²) >= 11 is 1.84. The summed E-state index contributed by atoms with van der Waals surface area (Å²) in [4.78, 5) is 21.5. The Hall–Kier alpha value is -2.09. The van der Waals surface area contributed by atoms with E-state index in [2.05, 4.69) is 43.9 Å². The molecule has 0 aromatic carbocycles. The lowest BCUT2D eigenvalue weighted by Gasteiger charge is -2.42. The molecule has 0 unspecified atom stereocenters. The fourth-order valence-corrected chi connectivity index (χ4v) is 7.61. The number of hydrogen-bond donors (Lipinski definition) is 0. The predicted molar refractivity (Wildman–Crippen MR) is 141 cm³/mol. The highest BCUT2D eigenvalue weighted by molar-refractivity contribution is 7.18. The van der Waals surface area contributed by atoms with Crippen LogP contribution in [0.15, 0.2) is 30.7 Å². The van der Waals surface area contributed by atoms with E-state index < -0.39 is 0 Å². The first-order valence-electron chi connectivity index (χ1n) is 13.5. The summed E-state index contributed by atoms with van der Waals surface area (Å²) in [7, 11) is 2.29. The second-order valence-corrected chi connectivity index (χ2v) is 11.7. The largest absolute Gasteiger partial charge is 0.474 e. The Kier molecular flexibility index (Phi) is 6.99. The number of likely N-dealkylation sites (N-methyl/N-ethyl adjacent to an activating group) is 1. The Morgan fingerprint density at radius 1 is 1.03 bits per heavy atom. The van der Waals surface area contributed by atoms with Crippen LogP contribution in [0.25, 0.3) is 10.2 Å². The SMILES string of the molecule is CN(CCc1ccccn1)C1CCN(C2CCC(Oc3ncnc4sc5c(c34)CCC5)CC2)CC1. The molecule has 0 radical (unpaired) electrons. The van der Waals surface area contributed by atoms with E-state index in [9.17, 15) is 0 Å². The normalized spacial score (nSPS) is 23.7. The lowest BCUT2D eigenvalue weighted by molar-refractivity contribution is 0.0535. The maximum absolute atomic E-state index is 6.53. The lowest BCUT2D eigenvalue weighted by Crippen LogP contribution is -2.48. The summed E-state index contributed by atoms with van der Waals surface area (Å²) in [5.74, 6) is 0.840. The summed E-state index contributed by atoms with van der Waals surface area (Å²) in [6, 6.07) is 7.62. The number of fused-ring (bicyclic) bond motifs is 3. The Labute approximate surface area is 212 Å². The minimum absolute atomic E-state index is 0.288. The van der Waals surface area contributed by atoms with Crippen LogP contribution in [0.2, 0.25) is 0 Å². The number of rotatable bonds is 7. The zero-order valence-corrected chi connectivity index (χ0v) is 21.7. The van der Waals surface area contributed by atoms with Crippen LogP contribution in [0.3, 0.4) is 0 Å². The topological polar surface area (TPSA) is 54.4 Å². The van der Waals surface area contributed by atoms with Gasteiger partial charge < -0.3 is 14.5 Å². The number of likely N-dealkylation sites (tertiary alicyclic amines) is 1.